The summed E-state index contributed by atoms with van der Waals surface area (Å²) in [7, 11) is 0. The molecule has 7 heteroatoms. The number of benzene rings is 1. The summed E-state index contributed by atoms with van der Waals surface area (Å²) in [5, 5.41) is 2.80. The van der Waals surface area contributed by atoms with E-state index in [4.69, 9.17) is 5.73 Å². The molecule has 0 fully saturated rings. The number of aromatic nitrogens is 2. The lowest BCUT2D eigenvalue weighted by atomic mass is 10.1. The fraction of sp³-hybridized carbons (Fsp3) is 0.400. The Labute approximate surface area is 125 Å². The second kappa shape index (κ2) is 6.39. The van der Waals surface area contributed by atoms with Crippen molar-refractivity contribution in [1.82, 2.24) is 9.78 Å². The topological polar surface area (TPSA) is 63.8 Å². The van der Waals surface area contributed by atoms with Crippen LogP contribution in [-0.2, 0) is 19.0 Å². The molecule has 0 saturated heterocycles. The number of rotatable bonds is 5. The molecule has 0 radical (unpaired) electrons. The zero-order valence-corrected chi connectivity index (χ0v) is 12.2. The first-order valence-corrected chi connectivity index (χ1v) is 7.09. The molecular weight excluding hydrogens is 295 g/mol. The van der Waals surface area contributed by atoms with Crippen molar-refractivity contribution in [2.24, 2.45) is 5.73 Å². The molecule has 1 aromatic heterocycles. The number of nitrogens with one attached hydrogen (secondary N) is 1. The van der Waals surface area contributed by atoms with Crippen molar-refractivity contribution >= 4 is 0 Å². The van der Waals surface area contributed by atoms with Crippen molar-refractivity contribution in [3.63, 3.8) is 0 Å². The van der Waals surface area contributed by atoms with Crippen molar-refractivity contribution in [3.05, 3.63) is 51.4 Å². The first-order valence-electron chi connectivity index (χ1n) is 7.09. The molecule has 3 N–H and O–H groups in total. The highest BCUT2D eigenvalue weighted by atomic mass is 19.4. The smallest absolute Gasteiger partial charge is 0.330 e. The number of aromatic amines is 1. The van der Waals surface area contributed by atoms with E-state index in [-0.39, 0.29) is 5.69 Å². The number of hydrogen-bond donors (Lipinski definition) is 2. The SMILES string of the molecule is CCc1[nH]n(-c2ccccc2C(F)(F)F)c(=O)c1CCCN. The molecule has 0 bridgehead atoms. The van der Waals surface area contributed by atoms with E-state index in [2.05, 4.69) is 5.10 Å². The highest BCUT2D eigenvalue weighted by Gasteiger charge is 2.34. The van der Waals surface area contributed by atoms with Gasteiger partial charge in [0.1, 0.15) is 0 Å². The van der Waals surface area contributed by atoms with E-state index in [1.807, 2.05) is 6.92 Å². The third-order valence-electron chi connectivity index (χ3n) is 3.51. The van der Waals surface area contributed by atoms with Crippen LogP contribution >= 0.6 is 0 Å². The predicted molar refractivity (Wildman–Crippen MR) is 78.1 cm³/mol. The fourth-order valence-electron chi connectivity index (χ4n) is 2.42. The van der Waals surface area contributed by atoms with Gasteiger partial charge >= 0.3 is 6.18 Å². The molecule has 0 atom stereocenters. The van der Waals surface area contributed by atoms with Crippen LogP contribution in [0.3, 0.4) is 0 Å². The van der Waals surface area contributed by atoms with Crippen molar-refractivity contribution in [2.75, 3.05) is 6.54 Å². The summed E-state index contributed by atoms with van der Waals surface area (Å²) in [6.45, 7) is 2.27. The van der Waals surface area contributed by atoms with Gasteiger partial charge in [-0.15, -0.1) is 0 Å². The van der Waals surface area contributed by atoms with E-state index in [1.54, 1.807) is 0 Å². The van der Waals surface area contributed by atoms with Gasteiger partial charge in [0.05, 0.1) is 11.3 Å². The largest absolute Gasteiger partial charge is 0.418 e. The third-order valence-corrected chi connectivity index (χ3v) is 3.51. The van der Waals surface area contributed by atoms with Gasteiger partial charge in [0, 0.05) is 11.3 Å². The summed E-state index contributed by atoms with van der Waals surface area (Å²) >= 11 is 0. The first kappa shape index (κ1) is 16.4. The van der Waals surface area contributed by atoms with Crippen molar-refractivity contribution < 1.29 is 13.2 Å². The molecule has 120 valence electrons. The molecule has 2 aromatic rings. The fourth-order valence-corrected chi connectivity index (χ4v) is 2.42. The number of H-pyrrole nitrogens is 1. The van der Waals surface area contributed by atoms with Crippen LogP contribution in [0, 0.1) is 0 Å². The van der Waals surface area contributed by atoms with Crippen LogP contribution < -0.4 is 11.3 Å². The van der Waals surface area contributed by atoms with E-state index in [1.165, 1.54) is 18.2 Å². The van der Waals surface area contributed by atoms with Crippen LogP contribution in [-0.4, -0.2) is 16.3 Å². The molecule has 0 saturated carbocycles. The van der Waals surface area contributed by atoms with Crippen LogP contribution in [0.1, 0.15) is 30.2 Å². The summed E-state index contributed by atoms with van der Waals surface area (Å²) in [6, 6.07) is 5.03. The minimum atomic E-state index is -4.52. The molecule has 4 nitrogen and oxygen atoms in total. The summed E-state index contributed by atoms with van der Waals surface area (Å²) < 4.78 is 40.3. The Hall–Kier alpha value is -2.02. The Morgan fingerprint density at radius 3 is 2.55 bits per heavy atom. The number of alkyl halides is 3. The minimum absolute atomic E-state index is 0.186. The summed E-state index contributed by atoms with van der Waals surface area (Å²) in [4.78, 5) is 12.5. The van der Waals surface area contributed by atoms with Crippen LogP contribution in [0.15, 0.2) is 29.1 Å². The van der Waals surface area contributed by atoms with Crippen molar-refractivity contribution in [2.45, 2.75) is 32.4 Å². The Kier molecular flexibility index (Phi) is 4.75. The molecule has 0 aliphatic carbocycles. The maximum absolute atomic E-state index is 13.1. The normalized spacial score (nSPS) is 11.9. The summed E-state index contributed by atoms with van der Waals surface area (Å²) in [5.41, 5.74) is 5.13. The van der Waals surface area contributed by atoms with E-state index in [0.717, 1.165) is 10.7 Å². The van der Waals surface area contributed by atoms with Crippen molar-refractivity contribution in [3.8, 4) is 5.69 Å². The Morgan fingerprint density at radius 2 is 1.95 bits per heavy atom. The molecule has 0 aliphatic rings. The van der Waals surface area contributed by atoms with Crippen molar-refractivity contribution in [1.29, 1.82) is 0 Å². The quantitative estimate of drug-likeness (QED) is 0.891. The lowest BCUT2D eigenvalue weighted by Gasteiger charge is -2.12. The van der Waals surface area contributed by atoms with Gasteiger partial charge in [0.15, 0.2) is 0 Å². The molecule has 2 rings (SSSR count). The van der Waals surface area contributed by atoms with Gasteiger partial charge in [-0.05, 0) is 37.9 Å². The van der Waals surface area contributed by atoms with E-state index in [0.29, 0.717) is 37.1 Å². The molecule has 0 unspecified atom stereocenters. The van der Waals surface area contributed by atoms with Gasteiger partial charge in [-0.1, -0.05) is 19.1 Å². The van der Waals surface area contributed by atoms with Crippen LogP contribution in [0.25, 0.3) is 5.69 Å². The lowest BCUT2D eigenvalue weighted by molar-refractivity contribution is -0.137. The number of nitrogens with zero attached hydrogens (tertiary/aromatic N) is 1. The summed E-state index contributed by atoms with van der Waals surface area (Å²) in [5.74, 6) is 0. The zero-order chi connectivity index (χ0) is 16.3. The zero-order valence-electron chi connectivity index (χ0n) is 12.2. The third kappa shape index (κ3) is 3.09. The number of aryl methyl sites for hydroxylation is 1. The highest BCUT2D eigenvalue weighted by molar-refractivity contribution is 5.43. The Balaban J connectivity index is 2.60. The Morgan fingerprint density at radius 1 is 1.27 bits per heavy atom. The van der Waals surface area contributed by atoms with Gasteiger partial charge in [0.2, 0.25) is 0 Å². The monoisotopic (exact) mass is 313 g/mol. The lowest BCUT2D eigenvalue weighted by Crippen LogP contribution is -2.21. The predicted octanol–water partition coefficient (Wildman–Crippen LogP) is 2.64. The van der Waals surface area contributed by atoms with Crippen LogP contribution in [0.5, 0.6) is 0 Å². The first-order chi connectivity index (χ1) is 10.4. The molecule has 22 heavy (non-hydrogen) atoms. The van der Waals surface area contributed by atoms with E-state index in [9.17, 15) is 18.0 Å². The average molecular weight is 313 g/mol. The standard InChI is InChI=1S/C15H18F3N3O/c1-2-12-10(6-5-9-19)14(22)21(20-12)13-8-4-3-7-11(13)15(16,17)18/h3-4,7-8,20H,2,5-6,9,19H2,1H3. The van der Waals surface area contributed by atoms with Crippen LogP contribution in [0.2, 0.25) is 0 Å². The number of nitrogens with two attached hydrogens (primary N) is 1. The summed E-state index contributed by atoms with van der Waals surface area (Å²) in [6.07, 6.45) is -2.92. The molecule has 0 amide bonds. The maximum Gasteiger partial charge on any atom is 0.418 e. The van der Waals surface area contributed by atoms with E-state index < -0.39 is 17.3 Å². The van der Waals surface area contributed by atoms with Gasteiger partial charge in [-0.3, -0.25) is 9.89 Å². The number of hydrogen-bond acceptors (Lipinski definition) is 2. The molecule has 0 spiro atoms. The number of para-hydroxylation sites is 1. The van der Waals surface area contributed by atoms with Gasteiger partial charge < -0.3 is 5.73 Å². The van der Waals surface area contributed by atoms with Crippen LogP contribution in [0.4, 0.5) is 13.2 Å². The van der Waals surface area contributed by atoms with Gasteiger partial charge in [-0.2, -0.15) is 13.2 Å². The number of halogens is 3. The second-order valence-electron chi connectivity index (χ2n) is 4.97. The second-order valence-corrected chi connectivity index (χ2v) is 4.97. The molecular formula is C15H18F3N3O. The maximum atomic E-state index is 13.1. The Bertz CT molecular complexity index is 701. The average Bonchev–Trinajstić information content (AvgIpc) is 2.80. The molecule has 1 aromatic carbocycles. The highest BCUT2D eigenvalue weighted by Crippen LogP contribution is 2.33. The molecule has 0 aliphatic heterocycles. The minimum Gasteiger partial charge on any atom is -0.330 e. The van der Waals surface area contributed by atoms with E-state index >= 15 is 0 Å². The molecule has 1 heterocycles. The van der Waals surface area contributed by atoms with Gasteiger partial charge in [0.25, 0.3) is 5.56 Å². The van der Waals surface area contributed by atoms with Gasteiger partial charge in [-0.25, -0.2) is 4.68 Å².